The van der Waals surface area contributed by atoms with Crippen LogP contribution in [0, 0.1) is 23.5 Å². The van der Waals surface area contributed by atoms with E-state index >= 15 is 0 Å². The van der Waals surface area contributed by atoms with Crippen LogP contribution in [0.5, 0.6) is 0 Å². The zero-order chi connectivity index (χ0) is 15.4. The van der Waals surface area contributed by atoms with Crippen LogP contribution in [0.1, 0.15) is 38.3 Å². The molecule has 0 aromatic heterocycles. The molecular weight excluding hydrogens is 310 g/mol. The van der Waals surface area contributed by atoms with Gasteiger partial charge in [-0.15, -0.1) is 12.4 Å². The van der Waals surface area contributed by atoms with Crippen molar-refractivity contribution in [2.45, 2.75) is 32.7 Å². The Balaban J connectivity index is 0.00000242. The monoisotopic (exact) mass is 332 g/mol. The van der Waals surface area contributed by atoms with E-state index in [-0.39, 0.29) is 30.8 Å². The van der Waals surface area contributed by atoms with Gasteiger partial charge in [0.25, 0.3) is 0 Å². The highest BCUT2D eigenvalue weighted by Gasteiger charge is 2.23. The Hall–Kier alpha value is -1.20. The number of hydrogen-bond acceptors (Lipinski definition) is 2. The van der Waals surface area contributed by atoms with Crippen molar-refractivity contribution in [3.63, 3.8) is 0 Å². The molecule has 1 saturated carbocycles. The summed E-state index contributed by atoms with van der Waals surface area (Å²) in [5.41, 5.74) is 0.321. The molecule has 2 N–H and O–H groups in total. The summed E-state index contributed by atoms with van der Waals surface area (Å²) in [5, 5.41) is 5.92. The summed E-state index contributed by atoms with van der Waals surface area (Å²) in [6.07, 6.45) is 2.45. The van der Waals surface area contributed by atoms with Crippen LogP contribution in [0.15, 0.2) is 18.2 Å². The van der Waals surface area contributed by atoms with Crippen LogP contribution >= 0.6 is 12.4 Å². The van der Waals surface area contributed by atoms with Crippen molar-refractivity contribution >= 4 is 18.3 Å². The zero-order valence-electron chi connectivity index (χ0n) is 12.9. The molecule has 1 aromatic carbocycles. The summed E-state index contributed by atoms with van der Waals surface area (Å²) < 4.78 is 26.9. The molecule has 0 saturated heterocycles. The molecule has 1 aliphatic rings. The average molecular weight is 333 g/mol. The summed E-state index contributed by atoms with van der Waals surface area (Å²) in [7, 11) is 0. The number of amides is 1. The van der Waals surface area contributed by atoms with Gasteiger partial charge in [-0.2, -0.15) is 0 Å². The first-order valence-corrected chi connectivity index (χ1v) is 7.42. The zero-order valence-corrected chi connectivity index (χ0v) is 13.7. The molecule has 1 aliphatic carbocycles. The first-order valence-electron chi connectivity index (χ1n) is 7.42. The maximum Gasteiger partial charge on any atom is 0.234 e. The Bertz CT molecular complexity index is 507. The van der Waals surface area contributed by atoms with Crippen molar-refractivity contribution in [2.24, 2.45) is 11.8 Å². The van der Waals surface area contributed by atoms with Crippen molar-refractivity contribution in [3.8, 4) is 0 Å². The van der Waals surface area contributed by atoms with Crippen molar-refractivity contribution in [1.29, 1.82) is 0 Å². The molecule has 0 heterocycles. The lowest BCUT2D eigenvalue weighted by molar-refractivity contribution is -0.121. The maximum atomic E-state index is 13.9. The van der Waals surface area contributed by atoms with Crippen molar-refractivity contribution in [1.82, 2.24) is 10.6 Å². The Morgan fingerprint density at radius 1 is 1.32 bits per heavy atom. The maximum absolute atomic E-state index is 13.9. The van der Waals surface area contributed by atoms with Gasteiger partial charge in [0.05, 0.1) is 12.6 Å². The molecule has 22 heavy (non-hydrogen) atoms. The second-order valence-electron chi connectivity index (χ2n) is 6.03. The average Bonchev–Trinajstić information content (AvgIpc) is 3.20. The molecule has 0 aliphatic heterocycles. The van der Waals surface area contributed by atoms with Gasteiger partial charge < -0.3 is 10.6 Å². The minimum absolute atomic E-state index is 0. The Morgan fingerprint density at radius 2 is 2.00 bits per heavy atom. The summed E-state index contributed by atoms with van der Waals surface area (Å²) in [4.78, 5) is 11.9. The van der Waals surface area contributed by atoms with Crippen molar-refractivity contribution in [3.05, 3.63) is 35.4 Å². The van der Waals surface area contributed by atoms with E-state index < -0.39 is 17.7 Å². The van der Waals surface area contributed by atoms with Gasteiger partial charge in [-0.3, -0.25) is 4.79 Å². The lowest BCUT2D eigenvalue weighted by atomic mass is 9.95. The SMILES string of the molecule is CC(C)C(NC(=O)CNCC1CC1)c1ccc(F)cc1F.Cl. The summed E-state index contributed by atoms with van der Waals surface area (Å²) in [6.45, 7) is 4.87. The van der Waals surface area contributed by atoms with Gasteiger partial charge >= 0.3 is 0 Å². The van der Waals surface area contributed by atoms with Gasteiger partial charge in [-0.25, -0.2) is 8.78 Å². The van der Waals surface area contributed by atoms with E-state index in [4.69, 9.17) is 0 Å². The Labute approximate surface area is 136 Å². The number of rotatable bonds is 7. The summed E-state index contributed by atoms with van der Waals surface area (Å²) >= 11 is 0. The topological polar surface area (TPSA) is 41.1 Å². The van der Waals surface area contributed by atoms with E-state index in [0.29, 0.717) is 11.5 Å². The highest BCUT2D eigenvalue weighted by Crippen LogP contribution is 2.27. The van der Waals surface area contributed by atoms with E-state index in [1.807, 2.05) is 13.8 Å². The number of carbonyl (C=O) groups is 1. The third-order valence-electron chi connectivity index (χ3n) is 3.70. The highest BCUT2D eigenvalue weighted by molar-refractivity contribution is 5.85. The molecule has 3 nitrogen and oxygen atoms in total. The molecule has 124 valence electrons. The Morgan fingerprint density at radius 3 is 2.55 bits per heavy atom. The lowest BCUT2D eigenvalue weighted by Gasteiger charge is -2.23. The minimum Gasteiger partial charge on any atom is -0.348 e. The normalized spacial score (nSPS) is 15.3. The third kappa shape index (κ3) is 5.54. The molecule has 1 unspecified atom stereocenters. The quantitative estimate of drug-likeness (QED) is 0.805. The summed E-state index contributed by atoms with van der Waals surface area (Å²) in [5.74, 6) is -0.695. The van der Waals surface area contributed by atoms with E-state index in [0.717, 1.165) is 12.6 Å². The number of carbonyl (C=O) groups excluding carboxylic acids is 1. The first-order chi connectivity index (χ1) is 9.97. The molecule has 1 fully saturated rings. The fraction of sp³-hybridized carbons (Fsp3) is 0.562. The first kappa shape index (κ1) is 18.8. The fourth-order valence-corrected chi connectivity index (χ4v) is 2.29. The molecule has 1 aromatic rings. The largest absolute Gasteiger partial charge is 0.348 e. The molecule has 0 bridgehead atoms. The molecule has 1 atom stereocenters. The molecule has 6 heteroatoms. The van der Waals surface area contributed by atoms with E-state index in [1.54, 1.807) is 0 Å². The van der Waals surface area contributed by atoms with E-state index in [9.17, 15) is 13.6 Å². The lowest BCUT2D eigenvalue weighted by Crippen LogP contribution is -2.39. The van der Waals surface area contributed by atoms with E-state index in [2.05, 4.69) is 10.6 Å². The van der Waals surface area contributed by atoms with Crippen LogP contribution in [-0.4, -0.2) is 19.0 Å². The smallest absolute Gasteiger partial charge is 0.234 e. The fourth-order valence-electron chi connectivity index (χ4n) is 2.29. The second kappa shape index (κ2) is 8.44. The predicted octanol–water partition coefficient (Wildman–Crippen LogP) is 3.20. The minimum atomic E-state index is -0.625. The Kier molecular flexibility index (Phi) is 7.23. The number of halogens is 3. The van der Waals surface area contributed by atoms with Crippen LogP contribution in [0.25, 0.3) is 0 Å². The van der Waals surface area contributed by atoms with Gasteiger partial charge in [-0.05, 0) is 37.3 Å². The standard InChI is InChI=1S/C16H22F2N2O.ClH/c1-10(2)16(13-6-5-12(17)7-14(13)18)20-15(21)9-19-8-11-3-4-11;/h5-7,10-11,16,19H,3-4,8-9H2,1-2H3,(H,20,21);1H. The number of hydrogen-bond donors (Lipinski definition) is 2. The molecular formula is C16H23ClF2N2O. The van der Waals surface area contributed by atoms with Gasteiger partial charge in [0, 0.05) is 11.6 Å². The van der Waals surface area contributed by atoms with Gasteiger partial charge in [0.15, 0.2) is 0 Å². The molecule has 0 spiro atoms. The molecule has 2 rings (SSSR count). The van der Waals surface area contributed by atoms with Crippen LogP contribution < -0.4 is 10.6 Å². The van der Waals surface area contributed by atoms with Gasteiger partial charge in [-0.1, -0.05) is 19.9 Å². The van der Waals surface area contributed by atoms with Gasteiger partial charge in [0.1, 0.15) is 11.6 Å². The molecule has 0 radical (unpaired) electrons. The van der Waals surface area contributed by atoms with Crippen molar-refractivity contribution in [2.75, 3.05) is 13.1 Å². The van der Waals surface area contributed by atoms with Crippen molar-refractivity contribution < 1.29 is 13.6 Å². The van der Waals surface area contributed by atoms with Crippen LogP contribution in [0.3, 0.4) is 0 Å². The molecule has 1 amide bonds. The van der Waals surface area contributed by atoms with Crippen LogP contribution in [-0.2, 0) is 4.79 Å². The van der Waals surface area contributed by atoms with Gasteiger partial charge in [0.2, 0.25) is 5.91 Å². The van der Waals surface area contributed by atoms with Crippen LogP contribution in [0.2, 0.25) is 0 Å². The number of nitrogens with one attached hydrogen (secondary N) is 2. The predicted molar refractivity (Wildman–Crippen MR) is 84.9 cm³/mol. The summed E-state index contributed by atoms with van der Waals surface area (Å²) in [6, 6.07) is 3.00. The number of benzene rings is 1. The second-order valence-corrected chi connectivity index (χ2v) is 6.03. The van der Waals surface area contributed by atoms with E-state index in [1.165, 1.54) is 25.0 Å². The highest BCUT2D eigenvalue weighted by atomic mass is 35.5. The third-order valence-corrected chi connectivity index (χ3v) is 3.70. The van der Waals surface area contributed by atoms with Crippen LogP contribution in [0.4, 0.5) is 8.78 Å².